The lowest BCUT2D eigenvalue weighted by atomic mass is 10.3. The Bertz CT molecular complexity index is 722. The molecule has 0 atom stereocenters. The molecule has 1 aromatic heterocycles. The van der Waals surface area contributed by atoms with Crippen molar-refractivity contribution in [2.24, 2.45) is 0 Å². The number of pyridine rings is 1. The maximum atomic E-state index is 13.2. The number of rotatable bonds is 3. The van der Waals surface area contributed by atoms with Crippen molar-refractivity contribution >= 4 is 31.3 Å². The Morgan fingerprint density at radius 3 is 2.63 bits per heavy atom. The summed E-state index contributed by atoms with van der Waals surface area (Å²) in [5.74, 6) is -0.869. The largest absolute Gasteiger partial charge is 0.438 e. The summed E-state index contributed by atoms with van der Waals surface area (Å²) in [6.07, 6.45) is 1.33. The van der Waals surface area contributed by atoms with E-state index in [0.29, 0.717) is 0 Å². The van der Waals surface area contributed by atoms with Crippen LogP contribution in [0.1, 0.15) is 0 Å². The molecule has 4 nitrogen and oxygen atoms in total. The summed E-state index contributed by atoms with van der Waals surface area (Å²) in [7, 11) is 1.24. The van der Waals surface area contributed by atoms with Gasteiger partial charge in [0.25, 0.3) is 9.05 Å². The first kappa shape index (κ1) is 14.0. The maximum Gasteiger partial charge on any atom is 0.266 e. The van der Waals surface area contributed by atoms with Crippen LogP contribution in [0, 0.1) is 5.82 Å². The Morgan fingerprint density at radius 2 is 2.00 bits per heavy atom. The number of halogens is 3. The van der Waals surface area contributed by atoms with Crippen molar-refractivity contribution in [1.82, 2.24) is 4.98 Å². The molecule has 0 bridgehead atoms. The van der Waals surface area contributed by atoms with Gasteiger partial charge in [0.2, 0.25) is 5.88 Å². The monoisotopic (exact) mass is 321 g/mol. The van der Waals surface area contributed by atoms with Crippen LogP contribution in [0.15, 0.2) is 41.4 Å². The quantitative estimate of drug-likeness (QED) is 0.810. The highest BCUT2D eigenvalue weighted by molar-refractivity contribution is 8.13. The highest BCUT2D eigenvalue weighted by Gasteiger charge is 2.18. The highest BCUT2D eigenvalue weighted by atomic mass is 35.7. The van der Waals surface area contributed by atoms with E-state index in [1.165, 1.54) is 30.5 Å². The van der Waals surface area contributed by atoms with Gasteiger partial charge in [0.15, 0.2) is 0 Å². The van der Waals surface area contributed by atoms with Crippen LogP contribution in [0.4, 0.5) is 4.39 Å². The second-order valence-corrected chi connectivity index (χ2v) is 6.36. The molecule has 1 heterocycles. The summed E-state index contributed by atoms with van der Waals surface area (Å²) < 4.78 is 41.1. The van der Waals surface area contributed by atoms with Gasteiger partial charge in [-0.2, -0.15) is 0 Å². The number of ether oxygens (including phenoxy) is 1. The van der Waals surface area contributed by atoms with Gasteiger partial charge in [0.1, 0.15) is 16.5 Å². The van der Waals surface area contributed by atoms with Gasteiger partial charge in [-0.3, -0.25) is 0 Å². The van der Waals surface area contributed by atoms with Crippen molar-refractivity contribution < 1.29 is 17.5 Å². The minimum atomic E-state index is -4.01. The minimum Gasteiger partial charge on any atom is -0.438 e. The van der Waals surface area contributed by atoms with Gasteiger partial charge in [-0.1, -0.05) is 11.6 Å². The second kappa shape index (κ2) is 5.32. The van der Waals surface area contributed by atoms with Crippen LogP contribution in [0.3, 0.4) is 0 Å². The van der Waals surface area contributed by atoms with Gasteiger partial charge in [-0.25, -0.2) is 17.8 Å². The fourth-order valence-corrected chi connectivity index (χ4v) is 2.30. The topological polar surface area (TPSA) is 56.3 Å². The van der Waals surface area contributed by atoms with E-state index in [0.717, 1.165) is 6.07 Å². The van der Waals surface area contributed by atoms with E-state index in [-0.39, 0.29) is 21.5 Å². The smallest absolute Gasteiger partial charge is 0.266 e. The van der Waals surface area contributed by atoms with Crippen molar-refractivity contribution in [2.45, 2.75) is 4.90 Å². The molecule has 1 aromatic carbocycles. The highest BCUT2D eigenvalue weighted by Crippen LogP contribution is 2.30. The van der Waals surface area contributed by atoms with E-state index in [2.05, 4.69) is 4.98 Å². The van der Waals surface area contributed by atoms with E-state index >= 15 is 0 Å². The minimum absolute atomic E-state index is 0.0576. The average molecular weight is 322 g/mol. The first-order chi connectivity index (χ1) is 8.88. The molecule has 2 aromatic rings. The second-order valence-electron chi connectivity index (χ2n) is 3.42. The van der Waals surface area contributed by atoms with Crippen LogP contribution in [0.2, 0.25) is 5.02 Å². The lowest BCUT2D eigenvalue weighted by molar-refractivity contribution is 0.444. The fraction of sp³-hybridized carbons (Fsp3) is 0. The van der Waals surface area contributed by atoms with Crippen molar-refractivity contribution in [1.29, 1.82) is 0 Å². The van der Waals surface area contributed by atoms with Crippen molar-refractivity contribution in [3.8, 4) is 11.6 Å². The summed E-state index contributed by atoms with van der Waals surface area (Å²) in [4.78, 5) is 3.45. The first-order valence-electron chi connectivity index (χ1n) is 4.90. The third kappa shape index (κ3) is 3.34. The van der Waals surface area contributed by atoms with Crippen LogP contribution >= 0.6 is 22.3 Å². The molecule has 0 N–H and O–H groups in total. The molecule has 0 amide bonds. The Hall–Kier alpha value is -1.37. The Balaban J connectivity index is 2.41. The zero-order valence-corrected chi connectivity index (χ0v) is 11.5. The molecular weight excluding hydrogens is 316 g/mol. The van der Waals surface area contributed by atoms with Gasteiger partial charge in [0, 0.05) is 22.9 Å². The van der Waals surface area contributed by atoms with Crippen LogP contribution in [0.25, 0.3) is 0 Å². The van der Waals surface area contributed by atoms with Crippen LogP contribution in [-0.4, -0.2) is 13.4 Å². The van der Waals surface area contributed by atoms with Crippen molar-refractivity contribution in [3.05, 3.63) is 47.4 Å². The summed E-state index contributed by atoms with van der Waals surface area (Å²) in [5.41, 5.74) is 0. The van der Waals surface area contributed by atoms with Crippen molar-refractivity contribution in [3.63, 3.8) is 0 Å². The van der Waals surface area contributed by atoms with Gasteiger partial charge in [0.05, 0.1) is 5.02 Å². The molecule has 8 heteroatoms. The van der Waals surface area contributed by atoms with E-state index in [1.807, 2.05) is 0 Å². The predicted octanol–water partition coefficient (Wildman–Crippen LogP) is 3.59. The zero-order chi connectivity index (χ0) is 14.0. The summed E-state index contributed by atoms with van der Waals surface area (Å²) >= 11 is 5.52. The normalized spacial score (nSPS) is 11.3. The van der Waals surface area contributed by atoms with Crippen LogP contribution in [-0.2, 0) is 9.05 Å². The first-order valence-corrected chi connectivity index (χ1v) is 7.59. The summed E-state index contributed by atoms with van der Waals surface area (Å²) in [6.45, 7) is 0. The summed E-state index contributed by atoms with van der Waals surface area (Å²) in [5, 5.41) is -0.0708. The molecule has 0 radical (unpaired) electrons. The molecule has 0 spiro atoms. The Morgan fingerprint density at radius 1 is 1.26 bits per heavy atom. The van der Waals surface area contributed by atoms with Crippen LogP contribution in [0.5, 0.6) is 11.6 Å². The molecule has 2 rings (SSSR count). The van der Waals surface area contributed by atoms with E-state index < -0.39 is 14.9 Å². The van der Waals surface area contributed by atoms with E-state index in [1.54, 1.807) is 0 Å². The van der Waals surface area contributed by atoms with Gasteiger partial charge in [-0.15, -0.1) is 0 Å². The molecule has 19 heavy (non-hydrogen) atoms. The molecule has 0 aliphatic carbocycles. The Labute approximate surface area is 118 Å². The molecule has 0 saturated heterocycles. The molecule has 0 unspecified atom stereocenters. The zero-order valence-electron chi connectivity index (χ0n) is 9.18. The molecule has 0 aliphatic heterocycles. The average Bonchev–Trinajstić information content (AvgIpc) is 2.33. The fourth-order valence-electron chi connectivity index (χ4n) is 1.29. The number of aromatic nitrogens is 1. The number of hydrogen-bond donors (Lipinski definition) is 0. The molecule has 0 saturated carbocycles. The third-order valence-corrected chi connectivity index (χ3v) is 3.75. The predicted molar refractivity (Wildman–Crippen MR) is 68.8 cm³/mol. The molecule has 0 fully saturated rings. The molecular formula is C11H6Cl2FNO3S. The summed E-state index contributed by atoms with van der Waals surface area (Å²) in [6, 6.07) is 6.30. The number of nitrogens with zero attached hydrogens (tertiary/aromatic N) is 1. The van der Waals surface area contributed by atoms with E-state index in [4.69, 9.17) is 27.0 Å². The SMILES string of the molecule is O=S(=O)(Cl)c1cccnc1Oc1ccc(Cl)c(F)c1. The maximum absolute atomic E-state index is 13.2. The van der Waals surface area contributed by atoms with Crippen LogP contribution < -0.4 is 4.74 Å². The van der Waals surface area contributed by atoms with Gasteiger partial charge >= 0.3 is 0 Å². The van der Waals surface area contributed by atoms with Gasteiger partial charge in [-0.05, 0) is 24.3 Å². The molecule has 0 aliphatic rings. The van der Waals surface area contributed by atoms with Crippen molar-refractivity contribution in [2.75, 3.05) is 0 Å². The van der Waals surface area contributed by atoms with E-state index in [9.17, 15) is 12.8 Å². The third-order valence-electron chi connectivity index (χ3n) is 2.10. The standard InChI is InChI=1S/C11H6Cl2FNO3S/c12-8-4-3-7(6-9(8)14)18-11-10(19(13,16)17)2-1-5-15-11/h1-6H. The number of benzene rings is 1. The number of hydrogen-bond acceptors (Lipinski definition) is 4. The van der Waals surface area contributed by atoms with Gasteiger partial charge < -0.3 is 4.74 Å². The molecule has 100 valence electrons. The lowest BCUT2D eigenvalue weighted by Gasteiger charge is -2.07. The lowest BCUT2D eigenvalue weighted by Crippen LogP contribution is -1.98. The Kier molecular flexibility index (Phi) is 3.93.